The molecule has 0 spiro atoms. The van der Waals surface area contributed by atoms with Gasteiger partial charge in [-0.2, -0.15) is 5.10 Å². The summed E-state index contributed by atoms with van der Waals surface area (Å²) in [5, 5.41) is 7.34. The van der Waals surface area contributed by atoms with E-state index < -0.39 is 0 Å². The molecule has 3 saturated heterocycles. The number of ether oxygens (including phenoxy) is 1. The Labute approximate surface area is 154 Å². The van der Waals surface area contributed by atoms with Crippen molar-refractivity contribution in [3.8, 4) is 11.3 Å². The number of aromatic nitrogens is 2. The molecule has 5 rings (SSSR count). The molecule has 3 aliphatic heterocycles. The molecular formula is C20H27FN4O. The standard InChI is InChI=1S/C20H27FN4O/c1-26-9-8-25-12-15-2-7-19(25)14-24(11-15)13-17-10-22-23-20(17)16-3-5-18(21)6-4-16/h3-6,10,15,19H,2,7-9,11-14H2,1H3,(H,22,23)/t15-,19+/m0/s1. The van der Waals surface area contributed by atoms with Gasteiger partial charge in [0.1, 0.15) is 5.82 Å². The molecule has 0 unspecified atom stereocenters. The van der Waals surface area contributed by atoms with Crippen LogP contribution in [0.2, 0.25) is 0 Å². The summed E-state index contributed by atoms with van der Waals surface area (Å²) in [6.45, 7) is 6.12. The van der Waals surface area contributed by atoms with E-state index in [2.05, 4.69) is 20.0 Å². The van der Waals surface area contributed by atoms with Gasteiger partial charge in [-0.1, -0.05) is 0 Å². The van der Waals surface area contributed by atoms with Crippen molar-refractivity contribution in [3.63, 3.8) is 0 Å². The molecular weight excluding hydrogens is 331 g/mol. The van der Waals surface area contributed by atoms with Crippen molar-refractivity contribution in [3.05, 3.63) is 41.8 Å². The van der Waals surface area contributed by atoms with Crippen LogP contribution >= 0.6 is 0 Å². The smallest absolute Gasteiger partial charge is 0.123 e. The summed E-state index contributed by atoms with van der Waals surface area (Å²) in [6.07, 6.45) is 4.51. The normalized spacial score (nSPS) is 24.1. The van der Waals surface area contributed by atoms with Crippen LogP contribution in [0.3, 0.4) is 0 Å². The number of nitrogens with one attached hydrogen (secondary N) is 1. The van der Waals surface area contributed by atoms with Gasteiger partial charge in [0, 0.05) is 57.0 Å². The van der Waals surface area contributed by atoms with Gasteiger partial charge in [-0.05, 0) is 43.0 Å². The number of rotatable bonds is 6. The van der Waals surface area contributed by atoms with E-state index >= 15 is 0 Å². The summed E-state index contributed by atoms with van der Waals surface area (Å²) >= 11 is 0. The maximum atomic E-state index is 13.2. The summed E-state index contributed by atoms with van der Waals surface area (Å²) in [4.78, 5) is 5.17. The lowest BCUT2D eigenvalue weighted by Gasteiger charge is -2.35. The summed E-state index contributed by atoms with van der Waals surface area (Å²) in [7, 11) is 1.78. The second kappa shape index (κ2) is 7.86. The highest BCUT2D eigenvalue weighted by atomic mass is 19.1. The number of aromatic amines is 1. The fraction of sp³-hybridized carbons (Fsp3) is 0.550. The van der Waals surface area contributed by atoms with Gasteiger partial charge in [-0.3, -0.25) is 14.9 Å². The number of hydrogen-bond acceptors (Lipinski definition) is 4. The first-order valence-electron chi connectivity index (χ1n) is 9.46. The van der Waals surface area contributed by atoms with Crippen molar-refractivity contribution in [2.24, 2.45) is 5.92 Å². The second-order valence-electron chi connectivity index (χ2n) is 7.56. The van der Waals surface area contributed by atoms with Crippen LogP contribution in [0, 0.1) is 11.7 Å². The average Bonchev–Trinajstić information content (AvgIpc) is 2.92. The molecule has 1 aromatic carbocycles. The quantitative estimate of drug-likeness (QED) is 0.862. The van der Waals surface area contributed by atoms with Crippen molar-refractivity contribution < 1.29 is 9.13 Å². The summed E-state index contributed by atoms with van der Waals surface area (Å²) < 4.78 is 18.5. The number of piperidine rings is 1. The summed E-state index contributed by atoms with van der Waals surface area (Å²) in [5.41, 5.74) is 3.16. The minimum absolute atomic E-state index is 0.213. The maximum Gasteiger partial charge on any atom is 0.123 e. The minimum atomic E-state index is -0.213. The lowest BCUT2D eigenvalue weighted by atomic mass is 9.95. The molecule has 1 N–H and O–H groups in total. The van der Waals surface area contributed by atoms with Crippen molar-refractivity contribution in [1.82, 2.24) is 20.0 Å². The lowest BCUT2D eigenvalue weighted by molar-refractivity contribution is 0.0867. The molecule has 4 heterocycles. The first-order chi connectivity index (χ1) is 12.7. The number of halogens is 1. The number of benzene rings is 1. The van der Waals surface area contributed by atoms with E-state index in [1.54, 1.807) is 7.11 Å². The zero-order chi connectivity index (χ0) is 17.9. The van der Waals surface area contributed by atoms with Gasteiger partial charge in [-0.25, -0.2) is 4.39 Å². The van der Waals surface area contributed by atoms with Gasteiger partial charge in [0.25, 0.3) is 0 Å². The van der Waals surface area contributed by atoms with Crippen LogP contribution < -0.4 is 0 Å². The molecule has 6 heteroatoms. The predicted molar refractivity (Wildman–Crippen MR) is 99.2 cm³/mol. The van der Waals surface area contributed by atoms with Crippen LogP contribution in [0.4, 0.5) is 4.39 Å². The summed E-state index contributed by atoms with van der Waals surface area (Å²) in [5.74, 6) is 0.516. The van der Waals surface area contributed by atoms with Gasteiger partial charge in [0.15, 0.2) is 0 Å². The number of fused-ring (bicyclic) bond motifs is 4. The molecule has 0 amide bonds. The SMILES string of the molecule is COCCN1C[C@H]2CC[C@@H]1CN(Cc1cn[nH]c1-c1ccc(F)cc1)C2. The van der Waals surface area contributed by atoms with Crippen LogP contribution in [-0.4, -0.2) is 65.9 Å². The molecule has 2 bridgehead atoms. The predicted octanol–water partition coefficient (Wildman–Crippen LogP) is 2.76. The zero-order valence-corrected chi connectivity index (χ0v) is 15.3. The molecule has 1 aromatic heterocycles. The molecule has 5 nitrogen and oxygen atoms in total. The monoisotopic (exact) mass is 358 g/mol. The Bertz CT molecular complexity index is 717. The Morgan fingerprint density at radius 3 is 2.85 bits per heavy atom. The molecule has 2 atom stereocenters. The van der Waals surface area contributed by atoms with Crippen LogP contribution in [0.25, 0.3) is 11.3 Å². The minimum Gasteiger partial charge on any atom is -0.383 e. The lowest BCUT2D eigenvalue weighted by Crippen LogP contribution is -2.45. The second-order valence-corrected chi connectivity index (χ2v) is 7.56. The molecule has 0 saturated carbocycles. The highest BCUT2D eigenvalue weighted by Crippen LogP contribution is 2.30. The number of methoxy groups -OCH3 is 1. The zero-order valence-electron chi connectivity index (χ0n) is 15.3. The molecule has 26 heavy (non-hydrogen) atoms. The van der Waals surface area contributed by atoms with E-state index in [1.165, 1.54) is 37.1 Å². The fourth-order valence-electron chi connectivity index (χ4n) is 4.43. The number of H-pyrrole nitrogens is 1. The largest absolute Gasteiger partial charge is 0.383 e. The van der Waals surface area contributed by atoms with E-state index in [0.717, 1.165) is 50.0 Å². The van der Waals surface area contributed by atoms with Crippen molar-refractivity contribution >= 4 is 0 Å². The van der Waals surface area contributed by atoms with Gasteiger partial charge in [0.2, 0.25) is 0 Å². The Hall–Kier alpha value is -1.76. The van der Waals surface area contributed by atoms with Crippen molar-refractivity contribution in [2.75, 3.05) is 39.9 Å². The topological polar surface area (TPSA) is 44.4 Å². The third-order valence-electron chi connectivity index (χ3n) is 5.73. The van der Waals surface area contributed by atoms with E-state index in [4.69, 9.17) is 4.74 Å². The first-order valence-corrected chi connectivity index (χ1v) is 9.46. The van der Waals surface area contributed by atoms with Crippen LogP contribution in [0.15, 0.2) is 30.5 Å². The Kier molecular flexibility index (Phi) is 5.33. The van der Waals surface area contributed by atoms with Crippen LogP contribution in [0.5, 0.6) is 0 Å². The van der Waals surface area contributed by atoms with E-state index in [0.29, 0.717) is 6.04 Å². The Balaban J connectivity index is 1.47. The molecule has 3 fully saturated rings. The van der Waals surface area contributed by atoms with Gasteiger partial charge < -0.3 is 4.74 Å². The van der Waals surface area contributed by atoms with Crippen molar-refractivity contribution in [2.45, 2.75) is 25.4 Å². The molecule has 0 aliphatic carbocycles. The third-order valence-corrected chi connectivity index (χ3v) is 5.73. The van der Waals surface area contributed by atoms with Gasteiger partial charge >= 0.3 is 0 Å². The number of nitrogens with zero attached hydrogens (tertiary/aromatic N) is 3. The van der Waals surface area contributed by atoms with Gasteiger partial charge in [0.05, 0.1) is 18.5 Å². The Morgan fingerprint density at radius 1 is 1.19 bits per heavy atom. The highest BCUT2D eigenvalue weighted by molar-refractivity contribution is 5.62. The third kappa shape index (κ3) is 3.82. The fourth-order valence-corrected chi connectivity index (χ4v) is 4.43. The molecule has 140 valence electrons. The first kappa shape index (κ1) is 17.6. The van der Waals surface area contributed by atoms with E-state index in [1.807, 2.05) is 18.3 Å². The van der Waals surface area contributed by atoms with Crippen molar-refractivity contribution in [1.29, 1.82) is 0 Å². The number of hydrogen-bond donors (Lipinski definition) is 1. The molecule has 2 aromatic rings. The van der Waals surface area contributed by atoms with E-state index in [9.17, 15) is 4.39 Å². The van der Waals surface area contributed by atoms with Crippen LogP contribution in [0.1, 0.15) is 18.4 Å². The highest BCUT2D eigenvalue weighted by Gasteiger charge is 2.34. The maximum absolute atomic E-state index is 13.2. The molecule has 3 aliphatic rings. The van der Waals surface area contributed by atoms with E-state index in [-0.39, 0.29) is 5.82 Å². The summed E-state index contributed by atoms with van der Waals surface area (Å²) in [6, 6.07) is 7.24. The van der Waals surface area contributed by atoms with Crippen LogP contribution in [-0.2, 0) is 11.3 Å². The average molecular weight is 358 g/mol. The Morgan fingerprint density at radius 2 is 2.04 bits per heavy atom. The van der Waals surface area contributed by atoms with Gasteiger partial charge in [-0.15, -0.1) is 0 Å². The molecule has 0 radical (unpaired) electrons.